The Hall–Kier alpha value is -2.03. The summed E-state index contributed by atoms with van der Waals surface area (Å²) in [6, 6.07) is 10.6. The van der Waals surface area contributed by atoms with Crippen LogP contribution in [0.5, 0.6) is 5.75 Å². The van der Waals surface area contributed by atoms with Crippen molar-refractivity contribution in [1.29, 1.82) is 0 Å². The topological polar surface area (TPSA) is 69.4 Å². The lowest BCUT2D eigenvalue weighted by molar-refractivity contribution is -0.274. The highest BCUT2D eigenvalue weighted by molar-refractivity contribution is 7.89. The minimum absolute atomic E-state index is 0.0271. The lowest BCUT2D eigenvalue weighted by Gasteiger charge is -2.13. The lowest BCUT2D eigenvalue weighted by Crippen LogP contribution is -2.17. The smallest absolute Gasteiger partial charge is 0.404 e. The Morgan fingerprint density at radius 1 is 0.966 bits per heavy atom. The molecule has 4 nitrogen and oxygen atoms in total. The van der Waals surface area contributed by atoms with E-state index in [1.54, 1.807) is 18.2 Å². The number of sulfonamides is 1. The number of hydrogen-bond acceptors (Lipinski definition) is 3. The van der Waals surface area contributed by atoms with E-state index in [1.807, 2.05) is 0 Å². The van der Waals surface area contributed by atoms with Gasteiger partial charge < -0.3 is 4.74 Å². The van der Waals surface area contributed by atoms with Gasteiger partial charge in [0.25, 0.3) is 0 Å². The molecule has 0 unspecified atom stereocenters. The summed E-state index contributed by atoms with van der Waals surface area (Å²) in [6.45, 7) is 0. The summed E-state index contributed by atoms with van der Waals surface area (Å²) in [5.74, 6) is -0.443. The molecule has 154 valence electrons. The van der Waals surface area contributed by atoms with Gasteiger partial charge in [0.15, 0.2) is 0 Å². The molecule has 2 aliphatic rings. The van der Waals surface area contributed by atoms with Crippen LogP contribution in [-0.2, 0) is 10.0 Å². The van der Waals surface area contributed by atoms with Gasteiger partial charge in [0.05, 0.1) is 9.92 Å². The number of rotatable bonds is 4. The summed E-state index contributed by atoms with van der Waals surface area (Å²) in [7, 11) is -3.78. The molecule has 1 saturated carbocycles. The molecular weight excluding hydrogens is 427 g/mol. The largest absolute Gasteiger partial charge is 0.573 e. The first-order chi connectivity index (χ1) is 13.5. The van der Waals surface area contributed by atoms with E-state index < -0.39 is 22.1 Å². The van der Waals surface area contributed by atoms with Crippen molar-refractivity contribution in [3.05, 3.63) is 58.6 Å². The van der Waals surface area contributed by atoms with Crippen molar-refractivity contribution in [2.24, 2.45) is 10.6 Å². The van der Waals surface area contributed by atoms with Gasteiger partial charge in [0, 0.05) is 0 Å². The summed E-state index contributed by atoms with van der Waals surface area (Å²) in [4.78, 5) is 0.0271. The van der Waals surface area contributed by atoms with Crippen LogP contribution in [0.4, 0.5) is 13.2 Å². The maximum atomic E-state index is 12.5. The van der Waals surface area contributed by atoms with Crippen molar-refractivity contribution in [2.45, 2.75) is 36.9 Å². The maximum absolute atomic E-state index is 12.5. The molecule has 0 saturated heterocycles. The molecule has 0 atom stereocenters. The van der Waals surface area contributed by atoms with Gasteiger partial charge in [-0.2, -0.15) is 0 Å². The Morgan fingerprint density at radius 3 is 2.00 bits per heavy atom. The summed E-state index contributed by atoms with van der Waals surface area (Å²) >= 11 is 6.04. The van der Waals surface area contributed by atoms with Crippen molar-refractivity contribution in [3.63, 3.8) is 0 Å². The second kappa shape index (κ2) is 6.75. The molecular formula is C20H17ClF3NO3S. The zero-order valence-corrected chi connectivity index (χ0v) is 16.7. The number of alkyl halides is 3. The maximum Gasteiger partial charge on any atom is 0.573 e. The van der Waals surface area contributed by atoms with Crippen LogP contribution in [0.1, 0.15) is 36.8 Å². The third-order valence-corrected chi connectivity index (χ3v) is 6.69. The highest BCUT2D eigenvalue weighted by Crippen LogP contribution is 2.63. The highest BCUT2D eigenvalue weighted by Gasteiger charge is 2.48. The first-order valence-corrected chi connectivity index (χ1v) is 10.8. The Morgan fingerprint density at radius 2 is 1.52 bits per heavy atom. The van der Waals surface area contributed by atoms with Crippen LogP contribution in [-0.4, -0.2) is 14.8 Å². The number of primary sulfonamides is 1. The van der Waals surface area contributed by atoms with E-state index in [1.165, 1.54) is 24.3 Å². The quantitative estimate of drug-likeness (QED) is 0.690. The number of halogens is 4. The van der Waals surface area contributed by atoms with Gasteiger partial charge in [-0.25, -0.2) is 13.6 Å². The van der Waals surface area contributed by atoms with Gasteiger partial charge in [-0.05, 0) is 77.6 Å². The molecule has 1 spiro atoms. The molecule has 1 fully saturated rings. The van der Waals surface area contributed by atoms with Crippen LogP contribution in [0.2, 0.25) is 5.02 Å². The predicted octanol–water partition coefficient (Wildman–Crippen LogP) is 5.37. The van der Waals surface area contributed by atoms with Gasteiger partial charge in [-0.3, -0.25) is 0 Å². The van der Waals surface area contributed by atoms with Crippen molar-refractivity contribution >= 4 is 32.8 Å². The zero-order chi connectivity index (χ0) is 21.0. The van der Waals surface area contributed by atoms with Gasteiger partial charge in [-0.1, -0.05) is 29.8 Å². The molecule has 0 heterocycles. The third-order valence-electron chi connectivity index (χ3n) is 5.46. The van der Waals surface area contributed by atoms with E-state index in [0.717, 1.165) is 48.0 Å². The van der Waals surface area contributed by atoms with E-state index in [0.29, 0.717) is 0 Å². The second-order valence-corrected chi connectivity index (χ2v) is 9.54. The molecule has 2 aliphatic carbocycles. The van der Waals surface area contributed by atoms with Gasteiger partial charge in [0.1, 0.15) is 5.75 Å². The van der Waals surface area contributed by atoms with Crippen LogP contribution >= 0.6 is 11.6 Å². The predicted molar refractivity (Wildman–Crippen MR) is 104 cm³/mol. The SMILES string of the molecule is NS(=O)(=O)c1ccc(C2=C(c3ccc(OC(F)(F)F)c(Cl)c3)CC3(CC3)C2)cc1. The van der Waals surface area contributed by atoms with Crippen molar-refractivity contribution in [3.8, 4) is 5.75 Å². The number of allylic oxidation sites excluding steroid dienone is 2. The fraction of sp³-hybridized carbons (Fsp3) is 0.300. The summed E-state index contributed by atoms with van der Waals surface area (Å²) in [5, 5.41) is 5.04. The number of hydrogen-bond donors (Lipinski definition) is 1. The molecule has 0 aliphatic heterocycles. The molecule has 9 heteroatoms. The molecule has 4 rings (SSSR count). The average molecular weight is 444 g/mol. The van der Waals surface area contributed by atoms with Crippen LogP contribution in [0.3, 0.4) is 0 Å². The van der Waals surface area contributed by atoms with Crippen LogP contribution in [0.25, 0.3) is 11.1 Å². The Labute approximate surface area is 171 Å². The number of ether oxygens (including phenoxy) is 1. The number of benzene rings is 2. The first kappa shape index (κ1) is 20.3. The fourth-order valence-corrected chi connectivity index (χ4v) is 4.59. The molecule has 2 N–H and O–H groups in total. The normalized spacial score (nSPS) is 18.4. The summed E-state index contributed by atoms with van der Waals surface area (Å²) in [5.41, 5.74) is 3.83. The van der Waals surface area contributed by atoms with Gasteiger partial charge in [0.2, 0.25) is 10.0 Å². The Kier molecular flexibility index (Phi) is 4.72. The van der Waals surface area contributed by atoms with E-state index in [9.17, 15) is 21.6 Å². The lowest BCUT2D eigenvalue weighted by atomic mass is 9.97. The van der Waals surface area contributed by atoms with Crippen molar-refractivity contribution in [1.82, 2.24) is 0 Å². The van der Waals surface area contributed by atoms with Crippen LogP contribution in [0.15, 0.2) is 47.4 Å². The van der Waals surface area contributed by atoms with E-state index >= 15 is 0 Å². The Balaban J connectivity index is 1.72. The summed E-state index contributed by atoms with van der Waals surface area (Å²) in [6.07, 6.45) is -1.02. The summed E-state index contributed by atoms with van der Waals surface area (Å²) < 4.78 is 64.4. The molecule has 0 bridgehead atoms. The molecule has 29 heavy (non-hydrogen) atoms. The second-order valence-electron chi connectivity index (χ2n) is 7.57. The number of nitrogens with two attached hydrogens (primary N) is 1. The average Bonchev–Trinajstić information content (AvgIpc) is 3.26. The molecule has 2 aromatic carbocycles. The highest BCUT2D eigenvalue weighted by atomic mass is 35.5. The van der Waals surface area contributed by atoms with E-state index in [4.69, 9.17) is 16.7 Å². The first-order valence-electron chi connectivity index (χ1n) is 8.87. The van der Waals surface area contributed by atoms with Gasteiger partial charge >= 0.3 is 6.36 Å². The van der Waals surface area contributed by atoms with E-state index in [-0.39, 0.29) is 15.3 Å². The third kappa shape index (κ3) is 4.29. The standard InChI is InChI=1S/C20H17ClF3NO3S/c21-17-9-13(3-6-18(17)28-20(22,23)24)16-11-19(7-8-19)10-15(16)12-1-4-14(5-2-12)29(25,26)27/h1-6,9H,7-8,10-11H2,(H2,25,26,27). The van der Waals surface area contributed by atoms with Crippen LogP contribution in [0, 0.1) is 5.41 Å². The van der Waals surface area contributed by atoms with Crippen molar-refractivity contribution < 1.29 is 26.3 Å². The molecule has 0 aromatic heterocycles. The van der Waals surface area contributed by atoms with Gasteiger partial charge in [-0.15, -0.1) is 13.2 Å². The minimum atomic E-state index is -4.81. The molecule has 0 radical (unpaired) electrons. The van der Waals surface area contributed by atoms with E-state index in [2.05, 4.69) is 4.74 Å². The van der Waals surface area contributed by atoms with Crippen LogP contribution < -0.4 is 9.88 Å². The fourth-order valence-electron chi connectivity index (χ4n) is 3.85. The minimum Gasteiger partial charge on any atom is -0.404 e. The monoisotopic (exact) mass is 443 g/mol. The zero-order valence-electron chi connectivity index (χ0n) is 15.1. The molecule has 0 amide bonds. The Bertz CT molecular complexity index is 1100. The molecule has 2 aromatic rings. The van der Waals surface area contributed by atoms with Crippen molar-refractivity contribution in [2.75, 3.05) is 0 Å².